The molecule has 1 heterocycles. The molecule has 0 bridgehead atoms. The average Bonchev–Trinajstić information content (AvgIpc) is 1.97. The highest BCUT2D eigenvalue weighted by atomic mass is 16.3. The molecule has 0 atom stereocenters. The Morgan fingerprint density at radius 1 is 1.00 bits per heavy atom. The molecule has 0 aromatic carbocycles. The van der Waals surface area contributed by atoms with E-state index in [2.05, 4.69) is 9.97 Å². The quantitative estimate of drug-likeness (QED) is 0.658. The molecule has 0 radical (unpaired) electrons. The fourth-order valence-electron chi connectivity index (χ4n) is 0.911. The lowest BCUT2D eigenvalue weighted by molar-refractivity contribution is 0.275. The van der Waals surface area contributed by atoms with Gasteiger partial charge in [0.2, 0.25) is 0 Å². The highest BCUT2D eigenvalue weighted by molar-refractivity contribution is 5.16. The van der Waals surface area contributed by atoms with Crippen molar-refractivity contribution in [1.29, 1.82) is 0 Å². The SMILES string of the molecule is Cc1nc(C)c(CO)nc1C.N. The van der Waals surface area contributed by atoms with Gasteiger partial charge in [-0.1, -0.05) is 0 Å². The second-order valence-corrected chi connectivity index (χ2v) is 2.58. The van der Waals surface area contributed by atoms with E-state index in [-0.39, 0.29) is 12.8 Å². The number of aliphatic hydroxyl groups is 1. The largest absolute Gasteiger partial charge is 0.390 e. The zero-order valence-corrected chi connectivity index (χ0v) is 7.76. The van der Waals surface area contributed by atoms with Crippen molar-refractivity contribution in [2.24, 2.45) is 0 Å². The van der Waals surface area contributed by atoms with Crippen molar-refractivity contribution in [3.63, 3.8) is 0 Å². The fraction of sp³-hybridized carbons (Fsp3) is 0.500. The summed E-state index contributed by atoms with van der Waals surface area (Å²) in [6, 6.07) is 0. The van der Waals surface area contributed by atoms with Crippen LogP contribution in [0.15, 0.2) is 0 Å². The molecular formula is C8H15N3O. The second kappa shape index (κ2) is 4.13. The number of hydrogen-bond acceptors (Lipinski definition) is 4. The van der Waals surface area contributed by atoms with Crippen LogP contribution in [0.4, 0.5) is 0 Å². The number of hydrogen-bond donors (Lipinski definition) is 2. The van der Waals surface area contributed by atoms with Gasteiger partial charge in [-0.15, -0.1) is 0 Å². The smallest absolute Gasteiger partial charge is 0.0873 e. The molecule has 0 amide bonds. The van der Waals surface area contributed by atoms with Crippen molar-refractivity contribution in [2.75, 3.05) is 0 Å². The van der Waals surface area contributed by atoms with Crippen molar-refractivity contribution in [3.05, 3.63) is 22.8 Å². The van der Waals surface area contributed by atoms with Gasteiger partial charge in [-0.2, -0.15) is 0 Å². The van der Waals surface area contributed by atoms with Crippen LogP contribution in [-0.4, -0.2) is 15.1 Å². The van der Waals surface area contributed by atoms with Gasteiger partial charge in [0.15, 0.2) is 0 Å². The molecule has 0 unspecified atom stereocenters. The van der Waals surface area contributed by atoms with Crippen LogP contribution >= 0.6 is 0 Å². The van der Waals surface area contributed by atoms with Gasteiger partial charge < -0.3 is 11.3 Å². The van der Waals surface area contributed by atoms with Gasteiger partial charge in [-0.05, 0) is 20.8 Å². The monoisotopic (exact) mass is 169 g/mol. The maximum Gasteiger partial charge on any atom is 0.0873 e. The average molecular weight is 169 g/mol. The van der Waals surface area contributed by atoms with Gasteiger partial charge in [0.05, 0.1) is 29.4 Å². The standard InChI is InChI=1S/C8H12N2O.H3N/c1-5-6(2)10-8(4-11)7(3)9-5;/h11H,4H2,1-3H3;1H3. The van der Waals surface area contributed by atoms with E-state index in [1.165, 1.54) is 0 Å². The first-order valence-corrected chi connectivity index (χ1v) is 3.56. The van der Waals surface area contributed by atoms with Crippen molar-refractivity contribution in [2.45, 2.75) is 27.4 Å². The summed E-state index contributed by atoms with van der Waals surface area (Å²) >= 11 is 0. The Morgan fingerprint density at radius 3 is 2.00 bits per heavy atom. The molecule has 0 saturated carbocycles. The van der Waals surface area contributed by atoms with E-state index in [0.717, 1.165) is 17.1 Å². The normalized spacial score (nSPS) is 9.33. The molecule has 0 fully saturated rings. The first-order valence-electron chi connectivity index (χ1n) is 3.56. The maximum absolute atomic E-state index is 8.83. The van der Waals surface area contributed by atoms with Crippen molar-refractivity contribution in [3.8, 4) is 0 Å². The number of aromatic nitrogens is 2. The maximum atomic E-state index is 8.83. The van der Waals surface area contributed by atoms with Crippen molar-refractivity contribution in [1.82, 2.24) is 16.1 Å². The lowest BCUT2D eigenvalue weighted by Gasteiger charge is -2.04. The molecular weight excluding hydrogens is 154 g/mol. The Bertz CT molecular complexity index is 273. The predicted molar refractivity (Wildman–Crippen MR) is 47.2 cm³/mol. The number of rotatable bonds is 1. The molecule has 0 aliphatic heterocycles. The van der Waals surface area contributed by atoms with Crippen LogP contribution in [0.1, 0.15) is 22.8 Å². The lowest BCUT2D eigenvalue weighted by atomic mass is 10.3. The number of aliphatic hydroxyl groups excluding tert-OH is 1. The van der Waals surface area contributed by atoms with E-state index in [4.69, 9.17) is 5.11 Å². The van der Waals surface area contributed by atoms with Crippen LogP contribution in [-0.2, 0) is 6.61 Å². The summed E-state index contributed by atoms with van der Waals surface area (Å²) < 4.78 is 0. The number of nitrogens with zero attached hydrogens (tertiary/aromatic N) is 2. The molecule has 0 aliphatic rings. The van der Waals surface area contributed by atoms with Gasteiger partial charge in [0.1, 0.15) is 0 Å². The third kappa shape index (κ3) is 1.99. The summed E-state index contributed by atoms with van der Waals surface area (Å²) in [4.78, 5) is 8.40. The molecule has 68 valence electrons. The Morgan fingerprint density at radius 2 is 1.50 bits per heavy atom. The van der Waals surface area contributed by atoms with Crippen LogP contribution < -0.4 is 6.15 Å². The van der Waals surface area contributed by atoms with E-state index in [1.54, 1.807) is 0 Å². The molecule has 4 N–H and O–H groups in total. The fourth-order valence-corrected chi connectivity index (χ4v) is 0.911. The van der Waals surface area contributed by atoms with Crippen LogP contribution in [0.2, 0.25) is 0 Å². The van der Waals surface area contributed by atoms with E-state index in [9.17, 15) is 0 Å². The summed E-state index contributed by atoms with van der Waals surface area (Å²) in [6.45, 7) is 5.63. The van der Waals surface area contributed by atoms with E-state index in [1.807, 2.05) is 20.8 Å². The zero-order chi connectivity index (χ0) is 8.43. The molecule has 1 aromatic rings. The Kier molecular flexibility index (Phi) is 3.79. The minimum atomic E-state index is -0.0278. The number of aryl methyl sites for hydroxylation is 3. The third-order valence-corrected chi connectivity index (χ3v) is 1.73. The van der Waals surface area contributed by atoms with Gasteiger partial charge in [0, 0.05) is 0 Å². The lowest BCUT2D eigenvalue weighted by Crippen LogP contribution is -2.01. The Hall–Kier alpha value is -1.00. The topological polar surface area (TPSA) is 81.0 Å². The summed E-state index contributed by atoms with van der Waals surface area (Å²) in [5.74, 6) is 0. The van der Waals surface area contributed by atoms with Crippen LogP contribution in [0.25, 0.3) is 0 Å². The summed E-state index contributed by atoms with van der Waals surface area (Å²) in [5, 5.41) is 8.83. The zero-order valence-electron chi connectivity index (χ0n) is 7.76. The van der Waals surface area contributed by atoms with E-state index < -0.39 is 0 Å². The Labute approximate surface area is 72.3 Å². The third-order valence-electron chi connectivity index (χ3n) is 1.73. The Balaban J connectivity index is 0.00000121. The minimum absolute atomic E-state index is 0. The van der Waals surface area contributed by atoms with Gasteiger partial charge in [-0.25, -0.2) is 0 Å². The van der Waals surface area contributed by atoms with Crippen LogP contribution in [0.3, 0.4) is 0 Å². The van der Waals surface area contributed by atoms with Crippen LogP contribution in [0.5, 0.6) is 0 Å². The van der Waals surface area contributed by atoms with Crippen molar-refractivity contribution >= 4 is 0 Å². The summed E-state index contributed by atoms with van der Waals surface area (Å²) in [7, 11) is 0. The first kappa shape index (κ1) is 11.0. The second-order valence-electron chi connectivity index (χ2n) is 2.58. The molecule has 4 heteroatoms. The molecule has 1 rings (SSSR count). The van der Waals surface area contributed by atoms with Gasteiger partial charge >= 0.3 is 0 Å². The van der Waals surface area contributed by atoms with Crippen LogP contribution in [0, 0.1) is 20.8 Å². The summed E-state index contributed by atoms with van der Waals surface area (Å²) in [6.07, 6.45) is 0. The molecule has 4 nitrogen and oxygen atoms in total. The molecule has 0 saturated heterocycles. The van der Waals surface area contributed by atoms with E-state index >= 15 is 0 Å². The summed E-state index contributed by atoms with van der Waals surface area (Å²) in [5.41, 5.74) is 3.31. The van der Waals surface area contributed by atoms with Gasteiger partial charge in [-0.3, -0.25) is 9.97 Å². The predicted octanol–water partition coefficient (Wildman–Crippen LogP) is 1.06. The van der Waals surface area contributed by atoms with Crippen molar-refractivity contribution < 1.29 is 5.11 Å². The molecule has 0 aliphatic carbocycles. The highest BCUT2D eigenvalue weighted by Gasteiger charge is 2.02. The highest BCUT2D eigenvalue weighted by Crippen LogP contribution is 2.05. The molecule has 12 heavy (non-hydrogen) atoms. The van der Waals surface area contributed by atoms with Gasteiger partial charge in [0.25, 0.3) is 0 Å². The van der Waals surface area contributed by atoms with E-state index in [0.29, 0.717) is 5.69 Å². The minimum Gasteiger partial charge on any atom is -0.390 e. The first-order chi connectivity index (χ1) is 5.15. The molecule has 1 aromatic heterocycles. The molecule has 0 spiro atoms.